The van der Waals surface area contributed by atoms with Gasteiger partial charge in [-0.1, -0.05) is 0 Å². The number of hydrogen-bond acceptors (Lipinski definition) is 1. The summed E-state index contributed by atoms with van der Waals surface area (Å²) < 4.78 is 43.7. The summed E-state index contributed by atoms with van der Waals surface area (Å²) in [5.41, 5.74) is 0.237. The fraction of sp³-hybridized carbons (Fsp3) is 0.455. The van der Waals surface area contributed by atoms with Gasteiger partial charge in [0.25, 0.3) is 0 Å². The zero-order valence-corrected chi connectivity index (χ0v) is 7.36. The Kier molecular flexibility index (Phi) is 1.45. The summed E-state index contributed by atoms with van der Waals surface area (Å²) in [6.07, 6.45) is 3.05. The Hall–Kier alpha value is -1.05. The van der Waals surface area contributed by atoms with E-state index in [1.807, 2.05) is 4.90 Å². The minimum atomic E-state index is -1.07. The Morgan fingerprint density at radius 2 is 1.69 bits per heavy atom. The highest BCUT2D eigenvalue weighted by atomic mass is 19.1. The first kappa shape index (κ1) is 4.99. The molecule has 0 aliphatic carbocycles. The molecule has 1 aromatic carbocycles. The highest BCUT2D eigenvalue weighted by Crippen LogP contribution is 2.19. The normalized spacial score (nSPS) is 21.8. The van der Waals surface area contributed by atoms with E-state index >= 15 is 0 Å². The molecule has 1 aliphatic rings. The molecular formula is C11H14FN. The maximum Gasteiger partial charge on any atom is 0.123 e. The Morgan fingerprint density at radius 3 is 2.31 bits per heavy atom. The van der Waals surface area contributed by atoms with Gasteiger partial charge in [-0.05, 0) is 43.4 Å². The molecule has 0 radical (unpaired) electrons. The van der Waals surface area contributed by atoms with E-state index < -0.39 is 17.9 Å². The standard InChI is InChI=1S/C11H14FN/c12-10-4-6-11(7-5-10)13-8-2-1-3-9-13/h4-7H,1-3,8-9H2/i4D,5D,6D,7D. The molecule has 1 nitrogen and oxygen atoms in total. The lowest BCUT2D eigenvalue weighted by atomic mass is 10.1. The summed E-state index contributed by atoms with van der Waals surface area (Å²) in [7, 11) is 0. The molecule has 2 rings (SSSR count). The molecular weight excluding hydrogens is 165 g/mol. The van der Waals surface area contributed by atoms with Crippen molar-refractivity contribution >= 4 is 5.69 Å². The van der Waals surface area contributed by atoms with Gasteiger partial charge < -0.3 is 4.90 Å². The molecule has 13 heavy (non-hydrogen) atoms. The van der Waals surface area contributed by atoms with Crippen molar-refractivity contribution in [2.24, 2.45) is 0 Å². The third-order valence-corrected chi connectivity index (χ3v) is 2.25. The van der Waals surface area contributed by atoms with Crippen molar-refractivity contribution < 1.29 is 9.87 Å². The van der Waals surface area contributed by atoms with E-state index in [-0.39, 0.29) is 17.8 Å². The predicted molar refractivity (Wildman–Crippen MR) is 52.5 cm³/mol. The van der Waals surface area contributed by atoms with Crippen LogP contribution in [0.15, 0.2) is 24.2 Å². The number of piperidine rings is 1. The molecule has 0 bridgehead atoms. The molecule has 0 unspecified atom stereocenters. The van der Waals surface area contributed by atoms with Gasteiger partial charge in [0.2, 0.25) is 0 Å². The molecule has 1 fully saturated rings. The minimum Gasteiger partial charge on any atom is -0.372 e. The second kappa shape index (κ2) is 3.77. The Bertz CT molecular complexity index is 415. The fourth-order valence-electron chi connectivity index (χ4n) is 1.57. The van der Waals surface area contributed by atoms with Gasteiger partial charge in [0.15, 0.2) is 0 Å². The lowest BCUT2D eigenvalue weighted by molar-refractivity contribution is 0.576. The maximum atomic E-state index is 13.4. The average molecular weight is 183 g/mol. The fourth-order valence-corrected chi connectivity index (χ4v) is 1.57. The number of hydrogen-bond donors (Lipinski definition) is 0. The van der Waals surface area contributed by atoms with Crippen molar-refractivity contribution in [3.05, 3.63) is 30.0 Å². The molecule has 1 heterocycles. The van der Waals surface area contributed by atoms with Crippen molar-refractivity contribution in [2.45, 2.75) is 19.3 Å². The first-order valence-electron chi connectivity index (χ1n) is 6.55. The zero-order valence-electron chi connectivity index (χ0n) is 11.4. The molecule has 0 aromatic heterocycles. The first-order valence-corrected chi connectivity index (χ1v) is 4.55. The van der Waals surface area contributed by atoms with Gasteiger partial charge >= 0.3 is 0 Å². The molecule has 0 saturated carbocycles. The second-order valence-corrected chi connectivity index (χ2v) is 3.21. The summed E-state index contributed by atoms with van der Waals surface area (Å²) in [5.74, 6) is -1.07. The van der Waals surface area contributed by atoms with E-state index in [1.54, 1.807) is 0 Å². The van der Waals surface area contributed by atoms with Gasteiger partial charge in [0.1, 0.15) is 5.82 Å². The summed E-state index contributed by atoms with van der Waals surface area (Å²) in [5, 5.41) is 0. The van der Waals surface area contributed by atoms with Gasteiger partial charge in [-0.2, -0.15) is 0 Å². The molecule has 2 heteroatoms. The Morgan fingerprint density at radius 1 is 1.08 bits per heavy atom. The maximum absolute atomic E-state index is 13.4. The summed E-state index contributed by atoms with van der Waals surface area (Å²) in [6, 6.07) is -1.70. The number of halogens is 1. The van der Waals surface area contributed by atoms with E-state index in [0.29, 0.717) is 13.1 Å². The van der Waals surface area contributed by atoms with Crippen LogP contribution >= 0.6 is 0 Å². The SMILES string of the molecule is [2H]c1c([2H])c(N2CCCCC2)c([2H])c([2H])c1F. The van der Waals surface area contributed by atoms with Crippen LogP contribution in [0.5, 0.6) is 0 Å². The van der Waals surface area contributed by atoms with Crippen LogP contribution in [0.1, 0.15) is 24.7 Å². The lowest BCUT2D eigenvalue weighted by Gasteiger charge is -2.28. The minimum absolute atomic E-state index is 0.237. The summed E-state index contributed by atoms with van der Waals surface area (Å²) in [6.45, 7) is 1.42. The van der Waals surface area contributed by atoms with Gasteiger partial charge in [-0.15, -0.1) is 0 Å². The topological polar surface area (TPSA) is 3.24 Å². The van der Waals surface area contributed by atoms with Crippen LogP contribution in [0.25, 0.3) is 0 Å². The predicted octanol–water partition coefficient (Wildman–Crippen LogP) is 2.82. The molecule has 0 atom stereocenters. The van der Waals surface area contributed by atoms with Gasteiger partial charge in [-0.25, -0.2) is 4.39 Å². The van der Waals surface area contributed by atoms with Gasteiger partial charge in [0, 0.05) is 18.8 Å². The molecule has 70 valence electrons. The molecule has 0 N–H and O–H groups in total. The highest BCUT2D eigenvalue weighted by molar-refractivity contribution is 5.46. The number of benzene rings is 1. The third-order valence-electron chi connectivity index (χ3n) is 2.25. The van der Waals surface area contributed by atoms with Gasteiger partial charge in [-0.3, -0.25) is 0 Å². The summed E-state index contributed by atoms with van der Waals surface area (Å²) in [4.78, 5) is 1.82. The van der Waals surface area contributed by atoms with E-state index in [9.17, 15) is 4.39 Å². The van der Waals surface area contributed by atoms with Crippen LogP contribution in [0, 0.1) is 5.82 Å². The smallest absolute Gasteiger partial charge is 0.123 e. The number of rotatable bonds is 1. The van der Waals surface area contributed by atoms with Gasteiger partial charge in [0.05, 0.1) is 5.48 Å². The van der Waals surface area contributed by atoms with E-state index in [4.69, 9.17) is 5.48 Å². The molecule has 0 amide bonds. The number of nitrogens with zero attached hydrogens (tertiary/aromatic N) is 1. The first-order chi connectivity index (χ1) is 8.04. The molecule has 1 saturated heterocycles. The summed E-state index contributed by atoms with van der Waals surface area (Å²) >= 11 is 0. The average Bonchev–Trinajstić information content (AvgIpc) is 2.36. The quantitative estimate of drug-likeness (QED) is 0.647. The Balaban J connectivity index is 2.52. The van der Waals surface area contributed by atoms with Crippen molar-refractivity contribution in [2.75, 3.05) is 18.0 Å². The van der Waals surface area contributed by atoms with Crippen LogP contribution in [0.4, 0.5) is 10.1 Å². The van der Waals surface area contributed by atoms with Crippen molar-refractivity contribution in [3.63, 3.8) is 0 Å². The molecule has 0 spiro atoms. The van der Waals surface area contributed by atoms with Crippen LogP contribution in [0.2, 0.25) is 0 Å². The van der Waals surface area contributed by atoms with Crippen LogP contribution in [0.3, 0.4) is 0 Å². The lowest BCUT2D eigenvalue weighted by Crippen LogP contribution is -2.29. The monoisotopic (exact) mass is 183 g/mol. The second-order valence-electron chi connectivity index (χ2n) is 3.21. The molecule has 1 aliphatic heterocycles. The van der Waals surface area contributed by atoms with E-state index in [1.165, 1.54) is 0 Å². The zero-order chi connectivity index (χ0) is 12.6. The van der Waals surface area contributed by atoms with Crippen molar-refractivity contribution in [1.82, 2.24) is 0 Å². The van der Waals surface area contributed by atoms with Crippen LogP contribution in [-0.2, 0) is 0 Å². The van der Waals surface area contributed by atoms with Crippen molar-refractivity contribution in [1.29, 1.82) is 0 Å². The largest absolute Gasteiger partial charge is 0.372 e. The molecule has 1 aromatic rings. The van der Waals surface area contributed by atoms with Crippen molar-refractivity contribution in [3.8, 4) is 0 Å². The number of anilines is 1. The van der Waals surface area contributed by atoms with E-state index in [2.05, 4.69) is 0 Å². The Labute approximate surface area is 83.8 Å². The third kappa shape index (κ3) is 2.00. The van der Waals surface area contributed by atoms with E-state index in [0.717, 1.165) is 19.3 Å². The highest BCUT2D eigenvalue weighted by Gasteiger charge is 2.09. The van der Waals surface area contributed by atoms with Crippen LogP contribution in [-0.4, -0.2) is 13.1 Å². The van der Waals surface area contributed by atoms with Crippen LogP contribution < -0.4 is 4.90 Å².